The number of benzene rings is 1. The van der Waals surface area contributed by atoms with Crippen molar-refractivity contribution in [3.8, 4) is 0 Å². The van der Waals surface area contributed by atoms with Gasteiger partial charge in [0.1, 0.15) is 0 Å². The lowest BCUT2D eigenvalue weighted by Gasteiger charge is -2.18. The number of rotatable bonds is 9. The van der Waals surface area contributed by atoms with E-state index in [-0.39, 0.29) is 24.7 Å². The molecule has 0 aromatic heterocycles. The molecule has 1 aromatic carbocycles. The molecule has 6 nitrogen and oxygen atoms in total. The number of carbonyl (C=O) groups is 3. The summed E-state index contributed by atoms with van der Waals surface area (Å²) in [6.45, 7) is 5.12. The largest absolute Gasteiger partial charge is 0.479 e. The molecule has 0 fully saturated rings. The minimum absolute atomic E-state index is 0.0145. The lowest BCUT2D eigenvalue weighted by atomic mass is 10.1. The Labute approximate surface area is 136 Å². The predicted octanol–water partition coefficient (Wildman–Crippen LogP) is 1.97. The van der Waals surface area contributed by atoms with Gasteiger partial charge < -0.3 is 15.3 Å². The number of carboxylic acid groups (broad SMARTS) is 1. The third-order valence-electron chi connectivity index (χ3n) is 3.60. The van der Waals surface area contributed by atoms with E-state index in [1.54, 1.807) is 35.2 Å². The Morgan fingerprint density at radius 2 is 1.70 bits per heavy atom. The zero-order valence-corrected chi connectivity index (χ0v) is 13.6. The van der Waals surface area contributed by atoms with Gasteiger partial charge in [-0.15, -0.1) is 0 Å². The molecule has 126 valence electrons. The Morgan fingerprint density at radius 3 is 2.22 bits per heavy atom. The van der Waals surface area contributed by atoms with Gasteiger partial charge in [0.15, 0.2) is 6.04 Å². The number of nitrogens with one attached hydrogen (secondary N) is 1. The maximum Gasteiger partial charge on any atom is 0.330 e. The number of nitrogens with zero attached hydrogens (tertiary/aromatic N) is 1. The van der Waals surface area contributed by atoms with Crippen LogP contribution in [0.15, 0.2) is 30.3 Å². The second kappa shape index (κ2) is 9.61. The SMILES string of the molecule is CCN(CC)C(=O)CCCC(=O)N[C@@H](C(=O)O)c1ccccc1. The Morgan fingerprint density at radius 1 is 1.09 bits per heavy atom. The highest BCUT2D eigenvalue weighted by atomic mass is 16.4. The summed E-state index contributed by atoms with van der Waals surface area (Å²) in [5.41, 5.74) is 0.521. The van der Waals surface area contributed by atoms with Crippen molar-refractivity contribution in [1.29, 1.82) is 0 Å². The van der Waals surface area contributed by atoms with E-state index in [0.29, 0.717) is 25.1 Å². The van der Waals surface area contributed by atoms with Crippen LogP contribution >= 0.6 is 0 Å². The van der Waals surface area contributed by atoms with Gasteiger partial charge in [0, 0.05) is 25.9 Å². The fourth-order valence-corrected chi connectivity index (χ4v) is 2.30. The van der Waals surface area contributed by atoms with Gasteiger partial charge in [0.2, 0.25) is 11.8 Å². The molecule has 0 saturated carbocycles. The molecule has 2 amide bonds. The quantitative estimate of drug-likeness (QED) is 0.728. The zero-order valence-electron chi connectivity index (χ0n) is 13.6. The van der Waals surface area contributed by atoms with Crippen molar-refractivity contribution in [2.24, 2.45) is 0 Å². The highest BCUT2D eigenvalue weighted by Gasteiger charge is 2.21. The molecule has 1 aromatic rings. The van der Waals surface area contributed by atoms with Crippen molar-refractivity contribution in [3.05, 3.63) is 35.9 Å². The van der Waals surface area contributed by atoms with Crippen LogP contribution in [0.1, 0.15) is 44.7 Å². The second-order valence-corrected chi connectivity index (χ2v) is 5.17. The molecule has 0 bridgehead atoms. The van der Waals surface area contributed by atoms with E-state index >= 15 is 0 Å². The lowest BCUT2D eigenvalue weighted by molar-refractivity contribution is -0.142. The van der Waals surface area contributed by atoms with E-state index in [1.165, 1.54) is 0 Å². The summed E-state index contributed by atoms with van der Waals surface area (Å²) in [6.07, 6.45) is 0.824. The molecule has 0 aliphatic carbocycles. The van der Waals surface area contributed by atoms with Crippen molar-refractivity contribution in [2.45, 2.75) is 39.2 Å². The van der Waals surface area contributed by atoms with Crippen LogP contribution in [0.5, 0.6) is 0 Å². The predicted molar refractivity (Wildman–Crippen MR) is 86.7 cm³/mol. The van der Waals surface area contributed by atoms with E-state index in [9.17, 15) is 19.5 Å². The molecule has 0 spiro atoms. The van der Waals surface area contributed by atoms with Crippen molar-refractivity contribution >= 4 is 17.8 Å². The van der Waals surface area contributed by atoms with Crippen LogP contribution in [0.25, 0.3) is 0 Å². The molecular weight excluding hydrogens is 296 g/mol. The molecule has 0 aliphatic heterocycles. The fourth-order valence-electron chi connectivity index (χ4n) is 2.30. The number of hydrogen-bond acceptors (Lipinski definition) is 3. The number of carbonyl (C=O) groups excluding carboxylic acids is 2. The molecule has 1 rings (SSSR count). The first-order chi connectivity index (χ1) is 11.0. The number of amides is 2. The first kappa shape index (κ1) is 18.7. The Bertz CT molecular complexity index is 527. The summed E-state index contributed by atoms with van der Waals surface area (Å²) in [7, 11) is 0. The molecule has 0 unspecified atom stereocenters. The van der Waals surface area contributed by atoms with Gasteiger partial charge in [-0.1, -0.05) is 30.3 Å². The smallest absolute Gasteiger partial charge is 0.330 e. The average molecular weight is 320 g/mol. The van der Waals surface area contributed by atoms with Gasteiger partial charge in [-0.3, -0.25) is 9.59 Å². The molecule has 6 heteroatoms. The third-order valence-corrected chi connectivity index (χ3v) is 3.60. The van der Waals surface area contributed by atoms with Gasteiger partial charge in [0.25, 0.3) is 0 Å². The summed E-state index contributed by atoms with van der Waals surface area (Å²) >= 11 is 0. The van der Waals surface area contributed by atoms with Gasteiger partial charge in [-0.25, -0.2) is 4.79 Å². The lowest BCUT2D eigenvalue weighted by Crippen LogP contribution is -2.34. The second-order valence-electron chi connectivity index (χ2n) is 5.17. The maximum atomic E-state index is 11.9. The number of hydrogen-bond donors (Lipinski definition) is 2. The van der Waals surface area contributed by atoms with Crippen LogP contribution in [0.3, 0.4) is 0 Å². The van der Waals surface area contributed by atoms with E-state index < -0.39 is 12.0 Å². The first-order valence-corrected chi connectivity index (χ1v) is 7.84. The molecule has 0 heterocycles. The Hall–Kier alpha value is -2.37. The summed E-state index contributed by atoms with van der Waals surface area (Å²) in [4.78, 5) is 36.8. The topological polar surface area (TPSA) is 86.7 Å². The minimum Gasteiger partial charge on any atom is -0.479 e. The van der Waals surface area contributed by atoms with Crippen LogP contribution in [0.4, 0.5) is 0 Å². The fraction of sp³-hybridized carbons (Fsp3) is 0.471. The van der Waals surface area contributed by atoms with Crippen LogP contribution < -0.4 is 5.32 Å². The van der Waals surface area contributed by atoms with E-state index in [4.69, 9.17) is 0 Å². The van der Waals surface area contributed by atoms with Crippen molar-refractivity contribution in [1.82, 2.24) is 10.2 Å². The highest BCUT2D eigenvalue weighted by molar-refractivity contribution is 5.85. The van der Waals surface area contributed by atoms with Crippen molar-refractivity contribution in [3.63, 3.8) is 0 Å². The van der Waals surface area contributed by atoms with E-state index in [2.05, 4.69) is 5.32 Å². The molecule has 23 heavy (non-hydrogen) atoms. The number of carboxylic acids is 1. The minimum atomic E-state index is -1.11. The summed E-state index contributed by atoms with van der Waals surface area (Å²) in [5, 5.41) is 11.8. The highest BCUT2D eigenvalue weighted by Crippen LogP contribution is 2.13. The first-order valence-electron chi connectivity index (χ1n) is 7.84. The third kappa shape index (κ3) is 6.10. The van der Waals surface area contributed by atoms with Gasteiger partial charge >= 0.3 is 5.97 Å². The van der Waals surface area contributed by atoms with E-state index in [1.807, 2.05) is 13.8 Å². The Balaban J connectivity index is 2.48. The molecule has 2 N–H and O–H groups in total. The van der Waals surface area contributed by atoms with Gasteiger partial charge in [0.05, 0.1) is 0 Å². The molecule has 0 aliphatic rings. The normalized spacial score (nSPS) is 11.6. The van der Waals surface area contributed by atoms with Crippen LogP contribution in [0, 0.1) is 0 Å². The zero-order chi connectivity index (χ0) is 17.2. The van der Waals surface area contributed by atoms with Crippen LogP contribution in [-0.2, 0) is 14.4 Å². The van der Waals surface area contributed by atoms with E-state index in [0.717, 1.165) is 0 Å². The van der Waals surface area contributed by atoms with Crippen LogP contribution in [-0.4, -0.2) is 40.9 Å². The van der Waals surface area contributed by atoms with Gasteiger partial charge in [-0.2, -0.15) is 0 Å². The monoisotopic (exact) mass is 320 g/mol. The van der Waals surface area contributed by atoms with Crippen LogP contribution in [0.2, 0.25) is 0 Å². The van der Waals surface area contributed by atoms with Crippen molar-refractivity contribution in [2.75, 3.05) is 13.1 Å². The molecule has 1 atom stereocenters. The summed E-state index contributed by atoms with van der Waals surface area (Å²) < 4.78 is 0. The maximum absolute atomic E-state index is 11.9. The van der Waals surface area contributed by atoms with Gasteiger partial charge in [-0.05, 0) is 25.8 Å². The molecular formula is C17H24N2O4. The Kier molecular flexibility index (Phi) is 7.80. The summed E-state index contributed by atoms with van der Waals surface area (Å²) in [5.74, 6) is -1.46. The summed E-state index contributed by atoms with van der Waals surface area (Å²) in [6, 6.07) is 7.47. The number of aliphatic carboxylic acids is 1. The molecule has 0 saturated heterocycles. The standard InChI is InChI=1S/C17H24N2O4/c1-3-19(4-2)15(21)12-8-11-14(20)18-16(17(22)23)13-9-6-5-7-10-13/h5-7,9-10,16H,3-4,8,11-12H2,1-2H3,(H,18,20)(H,22,23)/t16-/m1/s1. The molecule has 0 radical (unpaired) electrons. The van der Waals surface area contributed by atoms with Crippen molar-refractivity contribution < 1.29 is 19.5 Å². The average Bonchev–Trinajstić information content (AvgIpc) is 2.54.